The van der Waals surface area contributed by atoms with Crippen LogP contribution in [0.4, 0.5) is 0 Å². The highest BCUT2D eigenvalue weighted by Gasteiger charge is 2.43. The van der Waals surface area contributed by atoms with Crippen LogP contribution in [0.15, 0.2) is 24.5 Å². The molecule has 4 nitrogen and oxygen atoms in total. The fourth-order valence-corrected chi connectivity index (χ4v) is 3.31. The van der Waals surface area contributed by atoms with Crippen LogP contribution < -0.4 is 4.57 Å². The van der Waals surface area contributed by atoms with Gasteiger partial charge in [0.25, 0.3) is 0 Å². The first-order valence-corrected chi connectivity index (χ1v) is 7.76. The fraction of sp³-hybridized carbons (Fsp3) is 0.583. The normalized spacial score (nSPS) is 11.8. The maximum Gasteiger partial charge on any atom is 0.569 e. The smallest absolute Gasteiger partial charge is 0.373 e. The molecule has 0 aliphatic heterocycles. The number of pyridine rings is 1. The summed E-state index contributed by atoms with van der Waals surface area (Å²) < 4.78 is 18.3. The molecule has 0 amide bonds. The monoisotopic (exact) mass is 256 g/mol. The number of hydrogen-bond donors (Lipinski definition) is 0. The molecule has 0 saturated heterocycles. The fourth-order valence-electron chi connectivity index (χ4n) is 1.78. The van der Waals surface area contributed by atoms with Crippen LogP contribution in [0.5, 0.6) is 0 Å². The third-order valence-corrected chi connectivity index (χ3v) is 5.39. The number of aromatic nitrogens is 1. The molecule has 0 spiro atoms. The van der Waals surface area contributed by atoms with Gasteiger partial charge in [-0.1, -0.05) is 13.3 Å². The molecular formula is C12H22NO3Si+. The molecule has 0 aliphatic carbocycles. The van der Waals surface area contributed by atoms with Gasteiger partial charge in [-0.15, -0.1) is 0 Å². The van der Waals surface area contributed by atoms with Crippen molar-refractivity contribution in [2.75, 3.05) is 21.3 Å². The number of aryl methyl sites for hydroxylation is 1. The maximum atomic E-state index is 5.41. The summed E-state index contributed by atoms with van der Waals surface area (Å²) in [4.78, 5) is 0. The molecule has 1 aromatic rings. The molecule has 0 atom stereocenters. The van der Waals surface area contributed by atoms with Crippen molar-refractivity contribution < 1.29 is 17.8 Å². The summed E-state index contributed by atoms with van der Waals surface area (Å²) in [7, 11) is 2.36. The lowest BCUT2D eigenvalue weighted by atomic mass is 10.2. The first kappa shape index (κ1) is 14.3. The number of rotatable bonds is 7. The van der Waals surface area contributed by atoms with E-state index in [0.29, 0.717) is 6.17 Å². The maximum absolute atomic E-state index is 5.41. The van der Waals surface area contributed by atoms with E-state index < -0.39 is 8.80 Å². The molecule has 1 rings (SSSR count). The van der Waals surface area contributed by atoms with Crippen LogP contribution in [0.25, 0.3) is 0 Å². The van der Waals surface area contributed by atoms with Gasteiger partial charge in [0.05, 0.1) is 0 Å². The summed E-state index contributed by atoms with van der Waals surface area (Å²) in [6.45, 7) is 2.18. The highest BCUT2D eigenvalue weighted by molar-refractivity contribution is 6.58. The Morgan fingerprint density at radius 3 is 2.35 bits per heavy atom. The van der Waals surface area contributed by atoms with Crippen molar-refractivity contribution in [3.8, 4) is 0 Å². The first-order valence-electron chi connectivity index (χ1n) is 5.83. The molecule has 0 unspecified atom stereocenters. The van der Waals surface area contributed by atoms with Crippen LogP contribution in [0, 0.1) is 0 Å². The Balaban J connectivity index is 2.82. The molecule has 96 valence electrons. The van der Waals surface area contributed by atoms with Gasteiger partial charge in [0.1, 0.15) is 0 Å². The van der Waals surface area contributed by atoms with E-state index in [1.807, 2.05) is 12.3 Å². The Labute approximate surface area is 105 Å². The topological polar surface area (TPSA) is 31.6 Å². The Bertz CT molecular complexity index is 334. The van der Waals surface area contributed by atoms with Crippen molar-refractivity contribution in [3.63, 3.8) is 0 Å². The van der Waals surface area contributed by atoms with Crippen molar-refractivity contribution in [3.05, 3.63) is 30.1 Å². The molecule has 5 heteroatoms. The summed E-state index contributed by atoms with van der Waals surface area (Å²) in [6.07, 6.45) is 7.00. The van der Waals surface area contributed by atoms with E-state index in [4.69, 9.17) is 13.3 Å². The van der Waals surface area contributed by atoms with Crippen LogP contribution in [0.3, 0.4) is 0 Å². The number of nitrogens with zero attached hydrogens (tertiary/aromatic N) is 1. The predicted molar refractivity (Wildman–Crippen MR) is 67.4 cm³/mol. The SMILES string of the molecule is CCCc1ccc[n+](C[Si](OC)(OC)OC)c1. The minimum absolute atomic E-state index is 0.633. The molecule has 0 bridgehead atoms. The standard InChI is InChI=1S/C12H22NO3Si/c1-5-7-12-8-6-9-13(10-12)11-17(14-2,15-3)16-4/h6,8-10H,5,7,11H2,1-4H3/q+1. The average Bonchev–Trinajstić information content (AvgIpc) is 2.37. The Morgan fingerprint density at radius 1 is 1.18 bits per heavy atom. The van der Waals surface area contributed by atoms with E-state index in [1.165, 1.54) is 5.56 Å². The second kappa shape index (κ2) is 6.86. The molecule has 0 N–H and O–H groups in total. The van der Waals surface area contributed by atoms with Gasteiger partial charge in [0, 0.05) is 33.0 Å². The minimum atomic E-state index is -2.54. The zero-order valence-electron chi connectivity index (χ0n) is 11.1. The minimum Gasteiger partial charge on any atom is -0.373 e. The lowest BCUT2D eigenvalue weighted by molar-refractivity contribution is -0.685. The van der Waals surface area contributed by atoms with E-state index in [9.17, 15) is 0 Å². The molecule has 1 aromatic heterocycles. The van der Waals surface area contributed by atoms with E-state index in [1.54, 1.807) is 21.3 Å². The van der Waals surface area contributed by atoms with Crippen molar-refractivity contribution in [1.82, 2.24) is 0 Å². The number of hydrogen-bond acceptors (Lipinski definition) is 3. The Hall–Kier alpha value is -0.753. The van der Waals surface area contributed by atoms with Gasteiger partial charge in [-0.05, 0) is 12.5 Å². The lowest BCUT2D eigenvalue weighted by Gasteiger charge is -2.20. The highest BCUT2D eigenvalue weighted by Crippen LogP contribution is 2.06. The van der Waals surface area contributed by atoms with E-state index >= 15 is 0 Å². The molecule has 0 aliphatic rings. The van der Waals surface area contributed by atoms with Crippen LogP contribution in [-0.2, 0) is 25.9 Å². The summed E-state index contributed by atoms with van der Waals surface area (Å²) in [6, 6.07) is 4.18. The lowest BCUT2D eigenvalue weighted by Crippen LogP contribution is -2.56. The first-order chi connectivity index (χ1) is 8.19. The van der Waals surface area contributed by atoms with Crippen molar-refractivity contribution in [2.24, 2.45) is 0 Å². The zero-order valence-corrected chi connectivity index (χ0v) is 12.1. The third-order valence-electron chi connectivity index (χ3n) is 2.77. The van der Waals surface area contributed by atoms with Crippen molar-refractivity contribution in [2.45, 2.75) is 25.9 Å². The largest absolute Gasteiger partial charge is 0.569 e. The average molecular weight is 256 g/mol. The summed E-state index contributed by atoms with van der Waals surface area (Å²) in [5.41, 5.74) is 1.32. The van der Waals surface area contributed by atoms with Crippen LogP contribution in [0.1, 0.15) is 18.9 Å². The molecule has 0 saturated carbocycles. The summed E-state index contributed by atoms with van der Waals surface area (Å²) in [5, 5.41) is 0. The van der Waals surface area contributed by atoms with Gasteiger partial charge < -0.3 is 13.3 Å². The van der Waals surface area contributed by atoms with Gasteiger partial charge in [0.15, 0.2) is 12.4 Å². The Morgan fingerprint density at radius 2 is 1.82 bits per heavy atom. The van der Waals surface area contributed by atoms with E-state index in [2.05, 4.69) is 23.8 Å². The highest BCUT2D eigenvalue weighted by atomic mass is 28.4. The second-order valence-corrected chi connectivity index (χ2v) is 6.84. The molecule has 1 heterocycles. The second-order valence-electron chi connectivity index (χ2n) is 3.93. The van der Waals surface area contributed by atoms with Gasteiger partial charge in [-0.3, -0.25) is 0 Å². The molecule has 0 radical (unpaired) electrons. The van der Waals surface area contributed by atoms with Gasteiger partial charge in [-0.2, -0.15) is 4.57 Å². The predicted octanol–water partition coefficient (Wildman–Crippen LogP) is 1.34. The quantitative estimate of drug-likeness (QED) is 0.545. The van der Waals surface area contributed by atoms with Gasteiger partial charge >= 0.3 is 8.80 Å². The molecule has 0 aromatic carbocycles. The van der Waals surface area contributed by atoms with E-state index in [-0.39, 0.29) is 0 Å². The third kappa shape index (κ3) is 3.88. The molecular weight excluding hydrogens is 234 g/mol. The van der Waals surface area contributed by atoms with Gasteiger partial charge in [0.2, 0.25) is 6.17 Å². The van der Waals surface area contributed by atoms with Crippen LogP contribution in [0.2, 0.25) is 0 Å². The summed E-state index contributed by atoms with van der Waals surface area (Å²) in [5.74, 6) is 0. The van der Waals surface area contributed by atoms with Gasteiger partial charge in [-0.25, -0.2) is 0 Å². The van der Waals surface area contributed by atoms with Crippen LogP contribution >= 0.6 is 0 Å². The van der Waals surface area contributed by atoms with Crippen molar-refractivity contribution >= 4 is 8.80 Å². The zero-order chi connectivity index (χ0) is 12.7. The summed E-state index contributed by atoms with van der Waals surface area (Å²) >= 11 is 0. The van der Waals surface area contributed by atoms with Crippen molar-refractivity contribution in [1.29, 1.82) is 0 Å². The van der Waals surface area contributed by atoms with Crippen LogP contribution in [-0.4, -0.2) is 30.1 Å². The Kier molecular flexibility index (Phi) is 5.77. The molecule has 0 fully saturated rings. The van der Waals surface area contributed by atoms with E-state index in [0.717, 1.165) is 12.8 Å². The molecule has 17 heavy (non-hydrogen) atoms.